The standard InChI is InChI=1S/C18H17F6N5O3.C2HF3O2/c19-10-6-12(21)11(20)4-8(10)3-9(25)5-14(30)28-1-2-29-16(13(28)7-15(31)32)26-17(27-29)18(22,23)24;3-2(4,5)1(6)7/h4,6,9,13H,1-3,5,7,25H2,(H,31,32);(H,6,7)/t9-,13?;/m1./s1. The van der Waals surface area contributed by atoms with Crippen molar-refractivity contribution in [3.8, 4) is 0 Å². The molecule has 1 aliphatic rings. The maximum absolute atomic E-state index is 13.8. The number of alkyl halides is 6. The van der Waals surface area contributed by atoms with Gasteiger partial charge in [-0.3, -0.25) is 9.59 Å². The third-order valence-corrected chi connectivity index (χ3v) is 5.12. The first kappa shape index (κ1) is 31.3. The molecule has 1 amide bonds. The van der Waals surface area contributed by atoms with Crippen molar-refractivity contribution < 1.29 is 64.1 Å². The van der Waals surface area contributed by atoms with Crippen molar-refractivity contribution in [3.63, 3.8) is 0 Å². The molecule has 0 bridgehead atoms. The summed E-state index contributed by atoms with van der Waals surface area (Å²) in [6.45, 7) is -0.315. The molecule has 2 atom stereocenters. The van der Waals surface area contributed by atoms with Crippen LogP contribution in [0.25, 0.3) is 0 Å². The number of hydrogen-bond donors (Lipinski definition) is 3. The van der Waals surface area contributed by atoms with Gasteiger partial charge in [0, 0.05) is 25.1 Å². The number of hydrogen-bond acceptors (Lipinski definition) is 6. The van der Waals surface area contributed by atoms with E-state index in [2.05, 4.69) is 10.1 Å². The Bertz CT molecular complexity index is 1230. The molecule has 216 valence electrons. The zero-order chi connectivity index (χ0) is 29.9. The van der Waals surface area contributed by atoms with Gasteiger partial charge in [0.25, 0.3) is 5.82 Å². The molecule has 0 saturated heterocycles. The molecule has 1 aromatic carbocycles. The molecule has 10 nitrogen and oxygen atoms in total. The summed E-state index contributed by atoms with van der Waals surface area (Å²) in [6.07, 6.45) is -11.5. The number of benzene rings is 1. The highest BCUT2D eigenvalue weighted by molar-refractivity contribution is 5.78. The van der Waals surface area contributed by atoms with Crippen LogP contribution in [0.1, 0.15) is 36.1 Å². The molecule has 2 heterocycles. The fourth-order valence-electron chi connectivity index (χ4n) is 3.46. The van der Waals surface area contributed by atoms with Crippen LogP contribution in [0.4, 0.5) is 39.5 Å². The molecule has 1 aromatic heterocycles. The summed E-state index contributed by atoms with van der Waals surface area (Å²) in [7, 11) is 0. The number of halogens is 9. The van der Waals surface area contributed by atoms with Crippen molar-refractivity contribution in [1.29, 1.82) is 0 Å². The lowest BCUT2D eigenvalue weighted by atomic mass is 10.0. The minimum Gasteiger partial charge on any atom is -0.481 e. The molecule has 0 saturated carbocycles. The summed E-state index contributed by atoms with van der Waals surface area (Å²) in [6, 6.07) is -1.43. The summed E-state index contributed by atoms with van der Waals surface area (Å²) >= 11 is 0. The van der Waals surface area contributed by atoms with Crippen molar-refractivity contribution in [3.05, 3.63) is 46.8 Å². The highest BCUT2D eigenvalue weighted by Crippen LogP contribution is 2.32. The number of amides is 1. The van der Waals surface area contributed by atoms with Crippen LogP contribution in [0.15, 0.2) is 12.1 Å². The fraction of sp³-hybridized carbons (Fsp3) is 0.450. The smallest absolute Gasteiger partial charge is 0.481 e. The molecule has 19 heteroatoms. The van der Waals surface area contributed by atoms with Crippen LogP contribution in [0.2, 0.25) is 0 Å². The third kappa shape index (κ3) is 8.29. The van der Waals surface area contributed by atoms with Crippen LogP contribution in [-0.2, 0) is 33.5 Å². The van der Waals surface area contributed by atoms with E-state index in [1.165, 1.54) is 0 Å². The lowest BCUT2D eigenvalue weighted by molar-refractivity contribution is -0.192. The van der Waals surface area contributed by atoms with E-state index in [0.29, 0.717) is 12.1 Å². The van der Waals surface area contributed by atoms with E-state index >= 15 is 0 Å². The summed E-state index contributed by atoms with van der Waals surface area (Å²) in [5.74, 6) is -10.4. The Morgan fingerprint density at radius 1 is 1.00 bits per heavy atom. The third-order valence-electron chi connectivity index (χ3n) is 5.12. The number of aromatic nitrogens is 3. The van der Waals surface area contributed by atoms with Gasteiger partial charge in [0.15, 0.2) is 17.5 Å². The van der Waals surface area contributed by atoms with E-state index in [1.54, 1.807) is 0 Å². The molecule has 0 radical (unpaired) electrons. The molecule has 0 aliphatic carbocycles. The van der Waals surface area contributed by atoms with Crippen LogP contribution >= 0.6 is 0 Å². The average Bonchev–Trinajstić information content (AvgIpc) is 3.22. The first-order valence-electron chi connectivity index (χ1n) is 10.5. The minimum atomic E-state index is -5.08. The Labute approximate surface area is 211 Å². The highest BCUT2D eigenvalue weighted by Gasteiger charge is 2.42. The summed E-state index contributed by atoms with van der Waals surface area (Å²) < 4.78 is 112. The number of nitrogens with zero attached hydrogens (tertiary/aromatic N) is 4. The molecule has 1 aliphatic heterocycles. The Kier molecular flexibility index (Phi) is 9.53. The number of rotatable bonds is 6. The monoisotopic (exact) mass is 579 g/mol. The molecular weight excluding hydrogens is 561 g/mol. The molecule has 0 fully saturated rings. The van der Waals surface area contributed by atoms with Crippen LogP contribution in [0, 0.1) is 17.5 Å². The first-order chi connectivity index (χ1) is 17.8. The molecule has 3 rings (SSSR count). The molecule has 0 spiro atoms. The number of nitrogens with two attached hydrogens (primary N) is 1. The topological polar surface area (TPSA) is 152 Å². The quantitative estimate of drug-likeness (QED) is 0.349. The lowest BCUT2D eigenvalue weighted by Gasteiger charge is -2.35. The Morgan fingerprint density at radius 3 is 2.08 bits per heavy atom. The maximum Gasteiger partial charge on any atom is 0.490 e. The van der Waals surface area contributed by atoms with E-state index < -0.39 is 78.4 Å². The van der Waals surface area contributed by atoms with Crippen LogP contribution in [-0.4, -0.2) is 66.5 Å². The average molecular weight is 579 g/mol. The molecule has 4 N–H and O–H groups in total. The zero-order valence-corrected chi connectivity index (χ0v) is 19.2. The van der Waals surface area contributed by atoms with Crippen LogP contribution < -0.4 is 5.73 Å². The maximum atomic E-state index is 13.8. The van der Waals surface area contributed by atoms with Crippen LogP contribution in [0.3, 0.4) is 0 Å². The van der Waals surface area contributed by atoms with Crippen LogP contribution in [0.5, 0.6) is 0 Å². The second-order valence-electron chi connectivity index (χ2n) is 8.04. The van der Waals surface area contributed by atoms with Crippen molar-refractivity contribution in [1.82, 2.24) is 19.7 Å². The van der Waals surface area contributed by atoms with Gasteiger partial charge in [0.1, 0.15) is 11.9 Å². The summed E-state index contributed by atoms with van der Waals surface area (Å²) in [5, 5.41) is 19.6. The van der Waals surface area contributed by atoms with Gasteiger partial charge < -0.3 is 20.8 Å². The second-order valence-corrected chi connectivity index (χ2v) is 8.04. The molecular formula is C20H18F9N5O5. The predicted molar refractivity (Wildman–Crippen MR) is 108 cm³/mol. The van der Waals surface area contributed by atoms with Gasteiger partial charge in [-0.2, -0.15) is 26.3 Å². The van der Waals surface area contributed by atoms with E-state index in [4.69, 9.17) is 20.7 Å². The SMILES string of the molecule is N[C@@H](CC(=O)N1CCn2nc(C(F)(F)F)nc2C1CC(=O)O)Cc1cc(F)c(F)cc1F.O=C(O)C(F)(F)F. The Morgan fingerprint density at radius 2 is 1.56 bits per heavy atom. The minimum absolute atomic E-state index is 0.156. The number of fused-ring (bicyclic) bond motifs is 1. The van der Waals surface area contributed by atoms with Gasteiger partial charge in [-0.25, -0.2) is 27.6 Å². The van der Waals surface area contributed by atoms with Crippen molar-refractivity contribution in [2.75, 3.05) is 6.54 Å². The summed E-state index contributed by atoms with van der Waals surface area (Å²) in [4.78, 5) is 37.3. The van der Waals surface area contributed by atoms with E-state index in [1.807, 2.05) is 0 Å². The largest absolute Gasteiger partial charge is 0.490 e. The predicted octanol–water partition coefficient (Wildman–Crippen LogP) is 2.67. The zero-order valence-electron chi connectivity index (χ0n) is 19.2. The van der Waals surface area contributed by atoms with Gasteiger partial charge in [0.05, 0.1) is 13.0 Å². The number of aliphatic carboxylic acids is 2. The van der Waals surface area contributed by atoms with Gasteiger partial charge in [-0.1, -0.05) is 0 Å². The van der Waals surface area contributed by atoms with Crippen molar-refractivity contribution >= 4 is 17.8 Å². The molecule has 39 heavy (non-hydrogen) atoms. The highest BCUT2D eigenvalue weighted by atomic mass is 19.4. The summed E-state index contributed by atoms with van der Waals surface area (Å²) in [5.41, 5.74) is 5.58. The van der Waals surface area contributed by atoms with Gasteiger partial charge in [-0.15, -0.1) is 5.10 Å². The number of carbonyl (C=O) groups is 3. The first-order valence-corrected chi connectivity index (χ1v) is 10.5. The number of carbonyl (C=O) groups excluding carboxylic acids is 1. The second kappa shape index (κ2) is 11.9. The Hall–Kier alpha value is -3.90. The van der Waals surface area contributed by atoms with Gasteiger partial charge in [0.2, 0.25) is 5.91 Å². The molecule has 1 unspecified atom stereocenters. The normalized spacial score (nSPS) is 16.2. The Balaban J connectivity index is 0.000000673. The van der Waals surface area contributed by atoms with Gasteiger partial charge >= 0.3 is 24.3 Å². The molecule has 2 aromatic rings. The lowest BCUT2D eigenvalue weighted by Crippen LogP contribution is -2.45. The number of carboxylic acids is 2. The van der Waals surface area contributed by atoms with E-state index in [9.17, 15) is 49.1 Å². The van der Waals surface area contributed by atoms with Crippen molar-refractivity contribution in [2.24, 2.45) is 5.73 Å². The van der Waals surface area contributed by atoms with E-state index in [-0.39, 0.29) is 30.9 Å². The van der Waals surface area contributed by atoms with Crippen molar-refractivity contribution in [2.45, 2.75) is 50.2 Å². The number of carboxylic acid groups (broad SMARTS) is 2. The van der Waals surface area contributed by atoms with E-state index in [0.717, 1.165) is 9.58 Å². The fourth-order valence-corrected chi connectivity index (χ4v) is 3.46. The van der Waals surface area contributed by atoms with Gasteiger partial charge in [-0.05, 0) is 18.1 Å².